The minimum absolute atomic E-state index is 0.188. The summed E-state index contributed by atoms with van der Waals surface area (Å²) in [7, 11) is 1.55. The summed E-state index contributed by atoms with van der Waals surface area (Å²) in [6.07, 6.45) is 2.52. The predicted octanol–water partition coefficient (Wildman–Crippen LogP) is 3.86. The van der Waals surface area contributed by atoms with E-state index in [2.05, 4.69) is 11.9 Å². The van der Waals surface area contributed by atoms with Crippen molar-refractivity contribution in [3.05, 3.63) is 76.7 Å². The molecule has 28 heavy (non-hydrogen) atoms. The standard InChI is InChI=1S/C22H21NO5/c1-4-5-15-6-9-18(20(11-15)26-3)27-13-21(24)23-16-7-8-17-14(2)10-22(25)28-19(17)12-16/h4,6-12H,1,5,13H2,2-3H3,(H,23,24). The lowest BCUT2D eigenvalue weighted by atomic mass is 10.1. The number of amides is 1. The average molecular weight is 379 g/mol. The third-order valence-electron chi connectivity index (χ3n) is 4.20. The van der Waals surface area contributed by atoms with Gasteiger partial charge in [-0.2, -0.15) is 0 Å². The van der Waals surface area contributed by atoms with E-state index in [0.29, 0.717) is 29.2 Å². The molecule has 1 amide bonds. The summed E-state index contributed by atoms with van der Waals surface area (Å²) >= 11 is 0. The smallest absolute Gasteiger partial charge is 0.336 e. The Morgan fingerprint density at radius 2 is 2.00 bits per heavy atom. The van der Waals surface area contributed by atoms with Gasteiger partial charge in [0, 0.05) is 23.2 Å². The third kappa shape index (κ3) is 4.40. The number of benzene rings is 2. The van der Waals surface area contributed by atoms with Crippen molar-refractivity contribution in [2.45, 2.75) is 13.3 Å². The molecule has 0 aliphatic carbocycles. The molecule has 1 heterocycles. The summed E-state index contributed by atoms with van der Waals surface area (Å²) in [6.45, 7) is 5.36. The fourth-order valence-electron chi connectivity index (χ4n) is 2.87. The molecule has 0 spiro atoms. The number of nitrogens with one attached hydrogen (secondary N) is 1. The highest BCUT2D eigenvalue weighted by Crippen LogP contribution is 2.28. The molecule has 6 nitrogen and oxygen atoms in total. The van der Waals surface area contributed by atoms with E-state index in [0.717, 1.165) is 16.5 Å². The van der Waals surface area contributed by atoms with Gasteiger partial charge in [-0.15, -0.1) is 6.58 Å². The van der Waals surface area contributed by atoms with Gasteiger partial charge in [-0.3, -0.25) is 4.79 Å². The Balaban J connectivity index is 1.68. The van der Waals surface area contributed by atoms with E-state index in [1.54, 1.807) is 37.5 Å². The predicted molar refractivity (Wildman–Crippen MR) is 108 cm³/mol. The van der Waals surface area contributed by atoms with Crippen LogP contribution in [0.1, 0.15) is 11.1 Å². The maximum Gasteiger partial charge on any atom is 0.336 e. The number of rotatable bonds is 7. The Bertz CT molecular complexity index is 1080. The van der Waals surface area contributed by atoms with Crippen LogP contribution in [0.2, 0.25) is 0 Å². The van der Waals surface area contributed by atoms with Crippen LogP contribution in [0.5, 0.6) is 11.5 Å². The zero-order valence-corrected chi connectivity index (χ0v) is 15.8. The number of carbonyl (C=O) groups is 1. The lowest BCUT2D eigenvalue weighted by molar-refractivity contribution is -0.118. The number of ether oxygens (including phenoxy) is 2. The first-order valence-electron chi connectivity index (χ1n) is 8.75. The number of allylic oxidation sites excluding steroid dienone is 1. The molecule has 3 rings (SSSR count). The van der Waals surface area contributed by atoms with Crippen LogP contribution in [-0.4, -0.2) is 19.6 Å². The SMILES string of the molecule is C=CCc1ccc(OCC(=O)Nc2ccc3c(C)cc(=O)oc3c2)c(OC)c1. The molecule has 144 valence electrons. The fraction of sp³-hybridized carbons (Fsp3) is 0.182. The van der Waals surface area contributed by atoms with E-state index < -0.39 is 5.63 Å². The maximum atomic E-state index is 12.2. The minimum atomic E-state index is -0.427. The van der Waals surface area contributed by atoms with Gasteiger partial charge < -0.3 is 19.2 Å². The molecule has 0 atom stereocenters. The average Bonchev–Trinajstić information content (AvgIpc) is 2.66. The number of hydrogen-bond acceptors (Lipinski definition) is 5. The molecular weight excluding hydrogens is 358 g/mol. The van der Waals surface area contributed by atoms with Crippen LogP contribution in [0.15, 0.2) is 64.3 Å². The van der Waals surface area contributed by atoms with E-state index in [1.807, 2.05) is 19.1 Å². The zero-order chi connectivity index (χ0) is 20.1. The Hall–Kier alpha value is -3.54. The van der Waals surface area contributed by atoms with Gasteiger partial charge in [0.2, 0.25) is 0 Å². The molecule has 0 aliphatic heterocycles. The molecule has 0 fully saturated rings. The number of anilines is 1. The zero-order valence-electron chi connectivity index (χ0n) is 15.8. The summed E-state index contributed by atoms with van der Waals surface area (Å²) in [4.78, 5) is 23.8. The van der Waals surface area contributed by atoms with Gasteiger partial charge in [0.25, 0.3) is 5.91 Å². The van der Waals surface area contributed by atoms with Gasteiger partial charge in [-0.05, 0) is 48.7 Å². The molecule has 1 N–H and O–H groups in total. The molecule has 0 saturated heterocycles. The number of carbonyl (C=O) groups excluding carboxylic acids is 1. The second kappa shape index (κ2) is 8.43. The van der Waals surface area contributed by atoms with Crippen LogP contribution in [0, 0.1) is 6.92 Å². The lowest BCUT2D eigenvalue weighted by Gasteiger charge is -2.12. The fourth-order valence-corrected chi connectivity index (χ4v) is 2.87. The highest BCUT2D eigenvalue weighted by Gasteiger charge is 2.10. The molecule has 6 heteroatoms. The largest absolute Gasteiger partial charge is 0.493 e. The summed E-state index contributed by atoms with van der Waals surface area (Å²) in [6, 6.07) is 12.1. The highest BCUT2D eigenvalue weighted by molar-refractivity contribution is 5.94. The molecule has 0 unspecified atom stereocenters. The Labute approximate surface area is 162 Å². The maximum absolute atomic E-state index is 12.2. The van der Waals surface area contributed by atoms with Crippen molar-refractivity contribution < 1.29 is 18.7 Å². The van der Waals surface area contributed by atoms with Crippen molar-refractivity contribution in [3.8, 4) is 11.5 Å². The topological polar surface area (TPSA) is 77.8 Å². The van der Waals surface area contributed by atoms with Crippen LogP contribution in [-0.2, 0) is 11.2 Å². The second-order valence-electron chi connectivity index (χ2n) is 6.27. The van der Waals surface area contributed by atoms with Crippen LogP contribution in [0.4, 0.5) is 5.69 Å². The van der Waals surface area contributed by atoms with Gasteiger partial charge >= 0.3 is 5.63 Å². The Morgan fingerprint density at radius 1 is 1.18 bits per heavy atom. The van der Waals surface area contributed by atoms with Crippen molar-refractivity contribution in [1.29, 1.82) is 0 Å². The number of hydrogen-bond donors (Lipinski definition) is 1. The minimum Gasteiger partial charge on any atom is -0.493 e. The van der Waals surface area contributed by atoms with E-state index >= 15 is 0 Å². The van der Waals surface area contributed by atoms with E-state index in [-0.39, 0.29) is 12.5 Å². The monoisotopic (exact) mass is 379 g/mol. The van der Waals surface area contributed by atoms with E-state index in [9.17, 15) is 9.59 Å². The van der Waals surface area contributed by atoms with Crippen molar-refractivity contribution >= 4 is 22.6 Å². The van der Waals surface area contributed by atoms with Crippen molar-refractivity contribution in [2.24, 2.45) is 0 Å². The summed E-state index contributed by atoms with van der Waals surface area (Å²) < 4.78 is 16.1. The van der Waals surface area contributed by atoms with Gasteiger partial charge in [0.05, 0.1) is 7.11 Å². The van der Waals surface area contributed by atoms with Crippen molar-refractivity contribution in [2.75, 3.05) is 19.0 Å². The normalized spacial score (nSPS) is 10.5. The van der Waals surface area contributed by atoms with Crippen molar-refractivity contribution in [1.82, 2.24) is 0 Å². The summed E-state index contributed by atoms with van der Waals surface area (Å²) in [5, 5.41) is 3.55. The molecule has 2 aromatic carbocycles. The molecule has 0 radical (unpaired) electrons. The number of fused-ring (bicyclic) bond motifs is 1. The molecule has 1 aromatic heterocycles. The van der Waals surface area contributed by atoms with Crippen LogP contribution in [0.3, 0.4) is 0 Å². The van der Waals surface area contributed by atoms with Gasteiger partial charge in [0.1, 0.15) is 5.58 Å². The summed E-state index contributed by atoms with van der Waals surface area (Å²) in [5.41, 5.74) is 2.37. The van der Waals surface area contributed by atoms with E-state index in [4.69, 9.17) is 13.9 Å². The van der Waals surface area contributed by atoms with Gasteiger partial charge in [-0.1, -0.05) is 12.1 Å². The van der Waals surface area contributed by atoms with Crippen LogP contribution >= 0.6 is 0 Å². The molecule has 0 saturated carbocycles. The molecule has 0 bridgehead atoms. The van der Waals surface area contributed by atoms with Gasteiger partial charge in [0.15, 0.2) is 18.1 Å². The van der Waals surface area contributed by atoms with Crippen molar-refractivity contribution in [3.63, 3.8) is 0 Å². The number of aryl methyl sites for hydroxylation is 1. The lowest BCUT2D eigenvalue weighted by Crippen LogP contribution is -2.20. The van der Waals surface area contributed by atoms with Crippen LogP contribution < -0.4 is 20.4 Å². The first kappa shape index (κ1) is 19.2. The summed E-state index contributed by atoms with van der Waals surface area (Å²) in [5.74, 6) is 0.687. The third-order valence-corrected chi connectivity index (χ3v) is 4.20. The molecule has 0 aliphatic rings. The number of methoxy groups -OCH3 is 1. The Morgan fingerprint density at radius 3 is 2.75 bits per heavy atom. The molecular formula is C22H21NO5. The van der Waals surface area contributed by atoms with E-state index in [1.165, 1.54) is 6.07 Å². The first-order chi connectivity index (χ1) is 13.5. The Kier molecular flexibility index (Phi) is 5.79. The highest BCUT2D eigenvalue weighted by atomic mass is 16.5. The second-order valence-corrected chi connectivity index (χ2v) is 6.27. The first-order valence-corrected chi connectivity index (χ1v) is 8.75. The quantitative estimate of drug-likeness (QED) is 0.498. The molecule has 3 aromatic rings. The van der Waals surface area contributed by atoms with Crippen LogP contribution in [0.25, 0.3) is 11.0 Å². The van der Waals surface area contributed by atoms with Gasteiger partial charge in [-0.25, -0.2) is 4.79 Å².